The molecule has 0 aromatic rings. The van der Waals surface area contributed by atoms with Crippen molar-refractivity contribution in [3.8, 4) is 6.07 Å². The van der Waals surface area contributed by atoms with Crippen molar-refractivity contribution in [1.82, 2.24) is 4.90 Å². The Kier molecular flexibility index (Phi) is 4.77. The minimum absolute atomic E-state index is 0.457. The Morgan fingerprint density at radius 3 is 2.41 bits per heavy atom. The Hall–Kier alpha value is -1.60. The topological polar surface area (TPSA) is 64.3 Å². The lowest BCUT2D eigenvalue weighted by Gasteiger charge is -2.59. The van der Waals surface area contributed by atoms with E-state index in [1.165, 1.54) is 12.8 Å². The Morgan fingerprint density at radius 2 is 2.00 bits per heavy atom. The van der Waals surface area contributed by atoms with Crippen LogP contribution >= 0.6 is 0 Å². The first-order valence-corrected chi connectivity index (χ1v) is 7.95. The van der Waals surface area contributed by atoms with E-state index in [9.17, 15) is 4.79 Å². The molecule has 0 aromatic carbocycles. The van der Waals surface area contributed by atoms with Gasteiger partial charge in [0.2, 0.25) is 6.41 Å². The van der Waals surface area contributed by atoms with Gasteiger partial charge in [-0.15, -0.1) is 0 Å². The van der Waals surface area contributed by atoms with Gasteiger partial charge in [-0.1, -0.05) is 12.2 Å². The van der Waals surface area contributed by atoms with Crippen LogP contribution in [-0.4, -0.2) is 35.1 Å². The van der Waals surface area contributed by atoms with Gasteiger partial charge in [0.05, 0.1) is 11.7 Å². The van der Waals surface area contributed by atoms with Gasteiger partial charge in [-0.3, -0.25) is 4.79 Å². The summed E-state index contributed by atoms with van der Waals surface area (Å²) in [4.78, 5) is 12.4. The van der Waals surface area contributed by atoms with Crippen LogP contribution in [0.2, 0.25) is 0 Å². The third kappa shape index (κ3) is 4.20. The number of rotatable bonds is 2. The molecule has 3 rings (SSSR count). The Morgan fingerprint density at radius 1 is 1.41 bits per heavy atom. The van der Waals surface area contributed by atoms with E-state index in [1.807, 2.05) is 17.1 Å². The molecule has 2 fully saturated rings. The number of nitrogens with zero attached hydrogens (tertiary/aromatic N) is 2. The summed E-state index contributed by atoms with van der Waals surface area (Å²) in [5, 5.41) is 17.3. The molecule has 1 saturated heterocycles. The average Bonchev–Trinajstić information content (AvgIpc) is 2.34. The van der Waals surface area contributed by atoms with Crippen molar-refractivity contribution in [1.29, 1.82) is 5.26 Å². The van der Waals surface area contributed by atoms with Crippen molar-refractivity contribution in [2.75, 3.05) is 13.1 Å². The monoisotopic (exact) mass is 302 g/mol. The molecule has 1 heterocycles. The predicted molar refractivity (Wildman–Crippen MR) is 85.7 cm³/mol. The van der Waals surface area contributed by atoms with Crippen molar-refractivity contribution in [3.05, 3.63) is 23.8 Å². The van der Waals surface area contributed by atoms with E-state index in [4.69, 9.17) is 10.4 Å². The van der Waals surface area contributed by atoms with Crippen molar-refractivity contribution in [2.45, 2.75) is 45.6 Å². The zero-order chi connectivity index (χ0) is 16.4. The van der Waals surface area contributed by atoms with E-state index in [1.54, 1.807) is 20.8 Å². The number of allylic oxidation sites excluding steroid dienone is 4. The molecule has 1 atom stereocenters. The summed E-state index contributed by atoms with van der Waals surface area (Å²) in [5.41, 5.74) is 0.754. The van der Waals surface area contributed by atoms with Crippen molar-refractivity contribution in [2.24, 2.45) is 17.3 Å². The van der Waals surface area contributed by atoms with Crippen LogP contribution in [0.25, 0.3) is 0 Å². The van der Waals surface area contributed by atoms with Gasteiger partial charge in [0.15, 0.2) is 0 Å². The van der Waals surface area contributed by atoms with Crippen LogP contribution in [0.3, 0.4) is 0 Å². The van der Waals surface area contributed by atoms with E-state index < -0.39 is 5.60 Å². The van der Waals surface area contributed by atoms with Crippen LogP contribution in [0, 0.1) is 28.6 Å². The largest absolute Gasteiger partial charge is 0.391 e. The molecule has 0 bridgehead atoms. The standard InChI is InChI=1S/C14H16N2O.C4H10O/c15-7-11-1-3-12(4-2-11)13-5-14(6-13)8-16(9-14)10-17;1-4(2,3)5/h1-3,10,12-13H,4-6,8-9H2;5H,1-3H3. The van der Waals surface area contributed by atoms with Gasteiger partial charge < -0.3 is 10.0 Å². The molecular formula is C18H26N2O2. The summed E-state index contributed by atoms with van der Waals surface area (Å²) in [6.45, 7) is 7.15. The molecule has 0 aromatic heterocycles. The van der Waals surface area contributed by atoms with E-state index in [0.717, 1.165) is 37.4 Å². The lowest BCUT2D eigenvalue weighted by Crippen LogP contribution is -2.62. The second-order valence-electron chi connectivity index (χ2n) is 7.88. The summed E-state index contributed by atoms with van der Waals surface area (Å²) >= 11 is 0. The molecule has 1 aliphatic heterocycles. The van der Waals surface area contributed by atoms with Crippen molar-refractivity contribution >= 4 is 6.41 Å². The molecule has 1 unspecified atom stereocenters. The lowest BCUT2D eigenvalue weighted by atomic mass is 9.54. The average molecular weight is 302 g/mol. The highest BCUT2D eigenvalue weighted by Gasteiger charge is 2.53. The Bertz CT molecular complexity index is 502. The van der Waals surface area contributed by atoms with Gasteiger partial charge >= 0.3 is 0 Å². The lowest BCUT2D eigenvalue weighted by molar-refractivity contribution is -0.143. The number of carbonyl (C=O) groups excluding carboxylic acids is 1. The number of aliphatic hydroxyl groups is 1. The first kappa shape index (κ1) is 16.8. The van der Waals surface area contributed by atoms with Gasteiger partial charge in [0, 0.05) is 24.1 Å². The first-order chi connectivity index (χ1) is 10.2. The fourth-order valence-electron chi connectivity index (χ4n) is 3.57. The maximum absolute atomic E-state index is 10.5. The third-order valence-electron chi connectivity index (χ3n) is 4.48. The number of likely N-dealkylation sites (tertiary alicyclic amines) is 1. The molecule has 4 heteroatoms. The molecule has 22 heavy (non-hydrogen) atoms. The number of hydrogen-bond acceptors (Lipinski definition) is 3. The molecule has 1 N–H and O–H groups in total. The first-order valence-electron chi connectivity index (χ1n) is 7.95. The second kappa shape index (κ2) is 6.26. The maximum atomic E-state index is 10.5. The molecule has 1 spiro atoms. The van der Waals surface area contributed by atoms with E-state index in [0.29, 0.717) is 11.3 Å². The molecule has 1 amide bonds. The van der Waals surface area contributed by atoms with Gasteiger partial charge in [0.25, 0.3) is 0 Å². The zero-order valence-electron chi connectivity index (χ0n) is 13.7. The van der Waals surface area contributed by atoms with Crippen LogP contribution in [-0.2, 0) is 4.79 Å². The Balaban J connectivity index is 0.000000309. The smallest absolute Gasteiger partial charge is 0.209 e. The summed E-state index contributed by atoms with van der Waals surface area (Å²) in [7, 11) is 0. The molecular weight excluding hydrogens is 276 g/mol. The van der Waals surface area contributed by atoms with Crippen LogP contribution in [0.5, 0.6) is 0 Å². The minimum Gasteiger partial charge on any atom is -0.391 e. The number of hydrogen-bond donors (Lipinski definition) is 1. The number of amides is 1. The quantitative estimate of drug-likeness (QED) is 0.798. The summed E-state index contributed by atoms with van der Waals surface area (Å²) in [6.07, 6.45) is 10.7. The highest BCUT2D eigenvalue weighted by atomic mass is 16.3. The van der Waals surface area contributed by atoms with Crippen molar-refractivity contribution in [3.63, 3.8) is 0 Å². The highest BCUT2D eigenvalue weighted by Crippen LogP contribution is 2.55. The molecule has 0 radical (unpaired) electrons. The number of nitriles is 1. The molecule has 120 valence electrons. The summed E-state index contributed by atoms with van der Waals surface area (Å²) < 4.78 is 0. The highest BCUT2D eigenvalue weighted by molar-refractivity contribution is 5.49. The zero-order valence-corrected chi connectivity index (χ0v) is 13.7. The fourth-order valence-corrected chi connectivity index (χ4v) is 3.57. The fraction of sp³-hybridized carbons (Fsp3) is 0.667. The molecule has 1 saturated carbocycles. The normalized spacial score (nSPS) is 26.0. The van der Waals surface area contributed by atoms with Crippen LogP contribution in [0.4, 0.5) is 0 Å². The van der Waals surface area contributed by atoms with E-state index in [2.05, 4.69) is 12.1 Å². The Labute approximate surface area is 133 Å². The second-order valence-corrected chi connectivity index (χ2v) is 7.88. The third-order valence-corrected chi connectivity index (χ3v) is 4.48. The predicted octanol–water partition coefficient (Wildman–Crippen LogP) is 2.66. The van der Waals surface area contributed by atoms with Crippen molar-refractivity contribution < 1.29 is 9.90 Å². The van der Waals surface area contributed by atoms with Crippen LogP contribution in [0.1, 0.15) is 40.0 Å². The molecule has 4 nitrogen and oxygen atoms in total. The summed E-state index contributed by atoms with van der Waals surface area (Å²) in [6, 6.07) is 2.18. The number of carbonyl (C=O) groups is 1. The van der Waals surface area contributed by atoms with E-state index in [-0.39, 0.29) is 0 Å². The van der Waals surface area contributed by atoms with Gasteiger partial charge in [-0.25, -0.2) is 0 Å². The van der Waals surface area contributed by atoms with Crippen LogP contribution < -0.4 is 0 Å². The molecule has 3 aliphatic rings. The van der Waals surface area contributed by atoms with Gasteiger partial charge in [-0.2, -0.15) is 5.26 Å². The van der Waals surface area contributed by atoms with Gasteiger partial charge in [-0.05, 0) is 57.9 Å². The minimum atomic E-state index is -0.500. The molecule has 2 aliphatic carbocycles. The maximum Gasteiger partial charge on any atom is 0.209 e. The van der Waals surface area contributed by atoms with Crippen LogP contribution in [0.15, 0.2) is 23.8 Å². The van der Waals surface area contributed by atoms with E-state index >= 15 is 0 Å². The van der Waals surface area contributed by atoms with Gasteiger partial charge in [0.1, 0.15) is 0 Å². The SMILES string of the molecule is CC(C)(C)O.N#CC1=CCC(C2CC3(C2)CN(C=O)C3)C=C1. The summed E-state index contributed by atoms with van der Waals surface area (Å²) in [5.74, 6) is 1.37.